The number of urea groups is 1. The predicted molar refractivity (Wildman–Crippen MR) is 90.5 cm³/mol. The number of hydrogen-bond acceptors (Lipinski definition) is 3. The van der Waals surface area contributed by atoms with Crippen molar-refractivity contribution in [2.45, 2.75) is 19.0 Å². The molecule has 0 aromatic heterocycles. The van der Waals surface area contributed by atoms with Gasteiger partial charge in [-0.2, -0.15) is 0 Å². The van der Waals surface area contributed by atoms with Crippen molar-refractivity contribution in [2.24, 2.45) is 0 Å². The lowest BCUT2D eigenvalue weighted by molar-refractivity contribution is -0.143. The molecule has 0 bridgehead atoms. The second-order valence-electron chi connectivity index (χ2n) is 6.08. The minimum atomic E-state index is -1.25. The van der Waals surface area contributed by atoms with E-state index in [0.717, 1.165) is 10.5 Å². The van der Waals surface area contributed by atoms with Crippen LogP contribution in [0.2, 0.25) is 0 Å². The molecule has 2 aromatic carbocycles. The van der Waals surface area contributed by atoms with Gasteiger partial charge in [0, 0.05) is 6.54 Å². The van der Waals surface area contributed by atoms with Crippen LogP contribution in [0.1, 0.15) is 18.1 Å². The Morgan fingerprint density at radius 3 is 2.12 bits per heavy atom. The van der Waals surface area contributed by atoms with Gasteiger partial charge in [0.25, 0.3) is 5.91 Å². The highest BCUT2D eigenvalue weighted by Gasteiger charge is 2.55. The maximum atomic E-state index is 13.0. The summed E-state index contributed by atoms with van der Waals surface area (Å²) < 4.78 is 0. The topological polar surface area (TPSA) is 77.9 Å². The molecule has 0 spiro atoms. The molecule has 0 radical (unpaired) electrons. The first-order valence-corrected chi connectivity index (χ1v) is 7.89. The fraction of sp³-hybridized carbons (Fsp3) is 0.211. The number of carboxylic acid groups (broad SMARTS) is 1. The Hall–Kier alpha value is -3.15. The summed E-state index contributed by atoms with van der Waals surface area (Å²) in [6.07, 6.45) is 0. The van der Waals surface area contributed by atoms with Crippen molar-refractivity contribution in [1.29, 1.82) is 0 Å². The van der Waals surface area contributed by atoms with Gasteiger partial charge in [-0.25, -0.2) is 4.79 Å². The van der Waals surface area contributed by atoms with E-state index in [0.29, 0.717) is 5.56 Å². The number of carbonyl (C=O) groups excluding carboxylic acids is 2. The van der Waals surface area contributed by atoms with Crippen LogP contribution in [0.5, 0.6) is 0 Å². The van der Waals surface area contributed by atoms with E-state index >= 15 is 0 Å². The minimum Gasteiger partial charge on any atom is -0.480 e. The van der Waals surface area contributed by atoms with E-state index in [9.17, 15) is 14.4 Å². The highest BCUT2D eigenvalue weighted by molar-refractivity contribution is 6.08. The fourth-order valence-corrected chi connectivity index (χ4v) is 3.11. The summed E-state index contributed by atoms with van der Waals surface area (Å²) in [6.45, 7) is 1.23. The second-order valence-corrected chi connectivity index (χ2v) is 6.08. The summed E-state index contributed by atoms with van der Waals surface area (Å²) in [5, 5.41) is 9.06. The lowest BCUT2D eigenvalue weighted by Gasteiger charge is -2.32. The average Bonchev–Trinajstić information content (AvgIpc) is 2.79. The van der Waals surface area contributed by atoms with Crippen molar-refractivity contribution in [3.8, 4) is 0 Å². The smallest absolute Gasteiger partial charge is 0.328 e. The van der Waals surface area contributed by atoms with Crippen LogP contribution in [0.15, 0.2) is 60.7 Å². The van der Waals surface area contributed by atoms with Gasteiger partial charge in [0.05, 0.1) is 0 Å². The molecule has 3 rings (SSSR count). The molecule has 0 unspecified atom stereocenters. The highest BCUT2D eigenvalue weighted by atomic mass is 16.4. The SMILES string of the molecule is C[C@]1(c2ccccc2)C(=O)N(CC(=O)O)C(=O)N1Cc1ccccc1. The first kappa shape index (κ1) is 16.7. The molecule has 1 N–H and O–H groups in total. The molecule has 1 fully saturated rings. The maximum Gasteiger partial charge on any atom is 0.328 e. The molecule has 6 heteroatoms. The van der Waals surface area contributed by atoms with Crippen LogP contribution in [0.4, 0.5) is 4.79 Å². The number of carboxylic acids is 1. The zero-order chi connectivity index (χ0) is 18.0. The third-order valence-corrected chi connectivity index (χ3v) is 4.48. The van der Waals surface area contributed by atoms with Crippen LogP contribution in [-0.2, 0) is 21.7 Å². The van der Waals surface area contributed by atoms with E-state index in [1.165, 1.54) is 4.90 Å². The van der Waals surface area contributed by atoms with Gasteiger partial charge >= 0.3 is 12.0 Å². The third-order valence-electron chi connectivity index (χ3n) is 4.48. The van der Waals surface area contributed by atoms with Crippen LogP contribution in [0, 0.1) is 0 Å². The molecular formula is C19H18N2O4. The van der Waals surface area contributed by atoms with Crippen LogP contribution >= 0.6 is 0 Å². The first-order valence-electron chi connectivity index (χ1n) is 7.89. The van der Waals surface area contributed by atoms with Gasteiger partial charge in [-0.15, -0.1) is 0 Å². The normalized spacial score (nSPS) is 20.2. The standard InChI is InChI=1S/C19H18N2O4/c1-19(15-10-6-3-7-11-15)17(24)20(13-16(22)23)18(25)21(19)12-14-8-4-2-5-9-14/h2-11H,12-13H2,1H3,(H,22,23)/t19-/m0/s1. The van der Waals surface area contributed by atoms with E-state index in [1.54, 1.807) is 31.2 Å². The number of nitrogens with zero attached hydrogens (tertiary/aromatic N) is 2. The summed E-state index contributed by atoms with van der Waals surface area (Å²) in [5.41, 5.74) is 0.268. The van der Waals surface area contributed by atoms with E-state index < -0.39 is 30.0 Å². The number of amides is 3. The second kappa shape index (κ2) is 6.39. The Morgan fingerprint density at radius 2 is 1.56 bits per heavy atom. The molecule has 0 saturated carbocycles. The van der Waals surface area contributed by atoms with Crippen molar-refractivity contribution in [3.63, 3.8) is 0 Å². The largest absolute Gasteiger partial charge is 0.480 e. The minimum absolute atomic E-state index is 0.215. The van der Waals surface area contributed by atoms with E-state index in [2.05, 4.69) is 0 Å². The first-order chi connectivity index (χ1) is 11.9. The molecule has 1 aliphatic heterocycles. The quantitative estimate of drug-likeness (QED) is 0.850. The summed E-state index contributed by atoms with van der Waals surface area (Å²) >= 11 is 0. The zero-order valence-corrected chi connectivity index (χ0v) is 13.8. The van der Waals surface area contributed by atoms with Crippen molar-refractivity contribution in [2.75, 3.05) is 6.54 Å². The number of aliphatic carboxylic acids is 1. The Bertz CT molecular complexity index is 807. The lowest BCUT2D eigenvalue weighted by Crippen LogP contribution is -2.44. The lowest BCUT2D eigenvalue weighted by atomic mass is 9.90. The number of rotatable bonds is 5. The van der Waals surface area contributed by atoms with Crippen molar-refractivity contribution in [3.05, 3.63) is 71.8 Å². The fourth-order valence-electron chi connectivity index (χ4n) is 3.11. The van der Waals surface area contributed by atoms with Gasteiger partial charge in [-0.1, -0.05) is 60.7 Å². The molecule has 25 heavy (non-hydrogen) atoms. The average molecular weight is 338 g/mol. The highest BCUT2D eigenvalue weighted by Crippen LogP contribution is 2.38. The van der Waals surface area contributed by atoms with Gasteiger partial charge in [0.1, 0.15) is 12.1 Å². The number of imide groups is 1. The summed E-state index contributed by atoms with van der Waals surface area (Å²) in [7, 11) is 0. The number of hydrogen-bond donors (Lipinski definition) is 1. The predicted octanol–water partition coefficient (Wildman–Crippen LogP) is 2.45. The van der Waals surface area contributed by atoms with E-state index in [4.69, 9.17) is 5.11 Å². The summed E-state index contributed by atoms with van der Waals surface area (Å²) in [5.74, 6) is -1.75. The maximum absolute atomic E-state index is 13.0. The Morgan fingerprint density at radius 1 is 1.00 bits per heavy atom. The molecule has 1 atom stereocenters. The Labute approximate surface area is 145 Å². The van der Waals surface area contributed by atoms with Crippen LogP contribution < -0.4 is 0 Å². The van der Waals surface area contributed by atoms with Crippen molar-refractivity contribution >= 4 is 17.9 Å². The Balaban J connectivity index is 2.06. The van der Waals surface area contributed by atoms with Crippen molar-refractivity contribution in [1.82, 2.24) is 9.80 Å². The summed E-state index contributed by atoms with van der Waals surface area (Å²) in [6, 6.07) is 17.7. The van der Waals surface area contributed by atoms with Gasteiger partial charge in [-0.3, -0.25) is 14.5 Å². The Kier molecular flexibility index (Phi) is 4.27. The molecule has 128 valence electrons. The van der Waals surface area contributed by atoms with Crippen LogP contribution in [0.3, 0.4) is 0 Å². The molecule has 1 aliphatic rings. The van der Waals surface area contributed by atoms with Crippen LogP contribution in [0.25, 0.3) is 0 Å². The van der Waals surface area contributed by atoms with E-state index in [1.807, 2.05) is 36.4 Å². The zero-order valence-electron chi connectivity index (χ0n) is 13.8. The molecule has 0 aliphatic carbocycles. The third kappa shape index (κ3) is 2.87. The number of benzene rings is 2. The number of carbonyl (C=O) groups is 3. The molecule has 3 amide bonds. The van der Waals surface area contributed by atoms with Crippen LogP contribution in [-0.4, -0.2) is 39.4 Å². The molecule has 2 aromatic rings. The van der Waals surface area contributed by atoms with Gasteiger partial charge in [0.15, 0.2) is 0 Å². The molecule has 6 nitrogen and oxygen atoms in total. The van der Waals surface area contributed by atoms with Gasteiger partial charge < -0.3 is 10.0 Å². The summed E-state index contributed by atoms with van der Waals surface area (Å²) in [4.78, 5) is 39.1. The van der Waals surface area contributed by atoms with Gasteiger partial charge in [-0.05, 0) is 18.1 Å². The van der Waals surface area contributed by atoms with E-state index in [-0.39, 0.29) is 6.54 Å². The molecule has 1 heterocycles. The molecular weight excluding hydrogens is 320 g/mol. The van der Waals surface area contributed by atoms with Gasteiger partial charge in [0.2, 0.25) is 0 Å². The monoisotopic (exact) mass is 338 g/mol. The molecule has 1 saturated heterocycles. The van der Waals surface area contributed by atoms with Crippen molar-refractivity contribution < 1.29 is 19.5 Å².